The molecular formula is C17H37IN4O3S. The summed E-state index contributed by atoms with van der Waals surface area (Å²) in [6.45, 7) is 12.0. The zero-order valence-corrected chi connectivity index (χ0v) is 19.8. The van der Waals surface area contributed by atoms with E-state index in [9.17, 15) is 8.42 Å². The van der Waals surface area contributed by atoms with Gasteiger partial charge in [0.1, 0.15) is 9.84 Å². The van der Waals surface area contributed by atoms with E-state index in [0.717, 1.165) is 38.4 Å². The van der Waals surface area contributed by atoms with Crippen molar-refractivity contribution in [2.24, 2.45) is 10.9 Å². The number of rotatable bonds is 10. The number of hydrogen-bond donors (Lipinski definition) is 2. The Bertz CT molecular complexity index is 492. The molecule has 0 atom stereocenters. The van der Waals surface area contributed by atoms with Gasteiger partial charge >= 0.3 is 0 Å². The average molecular weight is 504 g/mol. The summed E-state index contributed by atoms with van der Waals surface area (Å²) < 4.78 is 27.4. The lowest BCUT2D eigenvalue weighted by molar-refractivity contribution is 0.157. The first-order valence-electron chi connectivity index (χ1n) is 9.32. The van der Waals surface area contributed by atoms with Gasteiger partial charge in [0.25, 0.3) is 0 Å². The second-order valence-corrected chi connectivity index (χ2v) is 9.38. The molecule has 156 valence electrons. The highest BCUT2D eigenvalue weighted by molar-refractivity contribution is 14.0. The molecule has 0 amide bonds. The molecule has 0 spiro atoms. The van der Waals surface area contributed by atoms with E-state index in [-0.39, 0.29) is 36.3 Å². The van der Waals surface area contributed by atoms with Crippen molar-refractivity contribution in [2.45, 2.75) is 39.7 Å². The van der Waals surface area contributed by atoms with Gasteiger partial charge in [-0.3, -0.25) is 4.99 Å². The lowest BCUT2D eigenvalue weighted by Crippen LogP contribution is -2.49. The van der Waals surface area contributed by atoms with Crippen molar-refractivity contribution in [3.63, 3.8) is 0 Å². The summed E-state index contributed by atoms with van der Waals surface area (Å²) >= 11 is 0. The number of likely N-dealkylation sites (tertiary alicyclic amines) is 1. The van der Waals surface area contributed by atoms with Gasteiger partial charge in [-0.1, -0.05) is 13.8 Å². The lowest BCUT2D eigenvalue weighted by Gasteiger charge is -2.34. The summed E-state index contributed by atoms with van der Waals surface area (Å²) in [5, 5.41) is 6.77. The third kappa shape index (κ3) is 13.1. The fourth-order valence-corrected chi connectivity index (χ4v) is 3.24. The number of sulfone groups is 1. The molecule has 2 N–H and O–H groups in total. The highest BCUT2D eigenvalue weighted by Gasteiger charge is 2.20. The largest absolute Gasteiger partial charge is 0.378 e. The number of hydrogen-bond acceptors (Lipinski definition) is 5. The van der Waals surface area contributed by atoms with Gasteiger partial charge in [-0.25, -0.2) is 8.42 Å². The van der Waals surface area contributed by atoms with E-state index in [2.05, 4.69) is 34.4 Å². The Morgan fingerprint density at radius 1 is 1.27 bits per heavy atom. The predicted molar refractivity (Wildman–Crippen MR) is 119 cm³/mol. The Morgan fingerprint density at radius 2 is 1.92 bits per heavy atom. The van der Waals surface area contributed by atoms with Crippen molar-refractivity contribution in [1.82, 2.24) is 15.5 Å². The molecule has 1 fully saturated rings. The molecule has 0 aromatic carbocycles. The van der Waals surface area contributed by atoms with Crippen molar-refractivity contribution >= 4 is 39.8 Å². The van der Waals surface area contributed by atoms with Crippen LogP contribution in [0, 0.1) is 5.92 Å². The highest BCUT2D eigenvalue weighted by Crippen LogP contribution is 2.11. The van der Waals surface area contributed by atoms with Gasteiger partial charge in [-0.15, -0.1) is 24.0 Å². The van der Waals surface area contributed by atoms with E-state index in [1.165, 1.54) is 12.8 Å². The maximum atomic E-state index is 11.0. The number of guanidine groups is 1. The molecule has 1 aliphatic heterocycles. The molecule has 0 aliphatic carbocycles. The topological polar surface area (TPSA) is 83.0 Å². The van der Waals surface area contributed by atoms with E-state index >= 15 is 0 Å². The third-order valence-electron chi connectivity index (χ3n) is 4.00. The zero-order valence-electron chi connectivity index (χ0n) is 16.7. The molecule has 7 nitrogen and oxygen atoms in total. The maximum absolute atomic E-state index is 11.0. The van der Waals surface area contributed by atoms with Crippen LogP contribution in [-0.2, 0) is 14.6 Å². The number of ether oxygens (including phenoxy) is 1. The van der Waals surface area contributed by atoms with E-state index in [1.54, 1.807) is 0 Å². The Morgan fingerprint density at radius 3 is 2.46 bits per heavy atom. The summed E-state index contributed by atoms with van der Waals surface area (Å²) in [5.41, 5.74) is 0. The molecule has 9 heteroatoms. The van der Waals surface area contributed by atoms with Crippen molar-refractivity contribution in [3.05, 3.63) is 0 Å². The van der Waals surface area contributed by atoms with Gasteiger partial charge in [0.2, 0.25) is 0 Å². The van der Waals surface area contributed by atoms with Crippen LogP contribution in [0.25, 0.3) is 0 Å². The SMILES string of the molecule is CCNC(=NCCOCCS(C)(=O)=O)NC1CCN(CC(C)C)CC1.I. The molecule has 1 saturated heterocycles. The Labute approximate surface area is 176 Å². The number of nitrogens with zero attached hydrogens (tertiary/aromatic N) is 2. The van der Waals surface area contributed by atoms with Crippen LogP contribution in [0.5, 0.6) is 0 Å². The minimum Gasteiger partial charge on any atom is -0.378 e. The van der Waals surface area contributed by atoms with Crippen molar-refractivity contribution in [2.75, 3.05) is 57.9 Å². The summed E-state index contributed by atoms with van der Waals surface area (Å²) in [7, 11) is -2.96. The fourth-order valence-electron chi connectivity index (χ4n) is 2.82. The van der Waals surface area contributed by atoms with E-state index in [1.807, 2.05) is 6.92 Å². The number of aliphatic imine (C=N–C) groups is 1. The summed E-state index contributed by atoms with van der Waals surface area (Å²) in [5.74, 6) is 1.59. The zero-order chi connectivity index (χ0) is 18.7. The third-order valence-corrected chi connectivity index (χ3v) is 4.91. The van der Waals surface area contributed by atoms with Crippen LogP contribution in [0.4, 0.5) is 0 Å². The first-order valence-corrected chi connectivity index (χ1v) is 11.4. The lowest BCUT2D eigenvalue weighted by atomic mass is 10.0. The monoisotopic (exact) mass is 504 g/mol. The fraction of sp³-hybridized carbons (Fsp3) is 0.941. The molecule has 0 aromatic rings. The van der Waals surface area contributed by atoms with Gasteiger partial charge in [0.15, 0.2) is 5.96 Å². The van der Waals surface area contributed by atoms with Crippen LogP contribution < -0.4 is 10.6 Å². The van der Waals surface area contributed by atoms with Crippen LogP contribution in [0.2, 0.25) is 0 Å². The van der Waals surface area contributed by atoms with Gasteiger partial charge < -0.3 is 20.3 Å². The molecule has 0 radical (unpaired) electrons. The number of halogens is 1. The second kappa shape index (κ2) is 14.0. The van der Waals surface area contributed by atoms with Crippen molar-refractivity contribution in [1.29, 1.82) is 0 Å². The smallest absolute Gasteiger partial charge is 0.191 e. The Kier molecular flexibility index (Phi) is 13.9. The molecule has 0 bridgehead atoms. The van der Waals surface area contributed by atoms with E-state index in [0.29, 0.717) is 25.1 Å². The quantitative estimate of drug-likeness (QED) is 0.202. The molecule has 0 saturated carbocycles. The van der Waals surface area contributed by atoms with Crippen LogP contribution in [0.3, 0.4) is 0 Å². The van der Waals surface area contributed by atoms with Gasteiger partial charge in [-0.2, -0.15) is 0 Å². The van der Waals surface area contributed by atoms with E-state index < -0.39 is 9.84 Å². The van der Waals surface area contributed by atoms with Crippen LogP contribution in [0.1, 0.15) is 33.6 Å². The number of piperidine rings is 1. The van der Waals surface area contributed by atoms with Gasteiger partial charge in [0, 0.05) is 38.5 Å². The predicted octanol–water partition coefficient (Wildman–Crippen LogP) is 1.34. The molecule has 1 aliphatic rings. The van der Waals surface area contributed by atoms with Crippen LogP contribution in [-0.4, -0.2) is 83.3 Å². The highest BCUT2D eigenvalue weighted by atomic mass is 127. The summed E-state index contributed by atoms with van der Waals surface area (Å²) in [4.78, 5) is 7.05. The minimum absolute atomic E-state index is 0. The molecule has 0 unspecified atom stereocenters. The maximum Gasteiger partial charge on any atom is 0.191 e. The first kappa shape index (κ1) is 25.9. The normalized spacial score (nSPS) is 17.2. The molecule has 1 rings (SSSR count). The minimum atomic E-state index is -2.96. The molecule has 26 heavy (non-hydrogen) atoms. The summed E-state index contributed by atoms with van der Waals surface area (Å²) in [6.07, 6.45) is 3.47. The summed E-state index contributed by atoms with van der Waals surface area (Å²) in [6, 6.07) is 0.451. The van der Waals surface area contributed by atoms with E-state index in [4.69, 9.17) is 4.74 Å². The van der Waals surface area contributed by atoms with Crippen molar-refractivity contribution < 1.29 is 13.2 Å². The Hall–Kier alpha value is -0.130. The van der Waals surface area contributed by atoms with Crippen LogP contribution >= 0.6 is 24.0 Å². The molecule has 0 aromatic heterocycles. The van der Waals surface area contributed by atoms with Gasteiger partial charge in [-0.05, 0) is 25.7 Å². The van der Waals surface area contributed by atoms with Crippen molar-refractivity contribution in [3.8, 4) is 0 Å². The standard InChI is InChI=1S/C17H36N4O3S.HI/c1-5-18-17(19-8-11-24-12-13-25(4,22)23)20-16-6-9-21(10-7-16)14-15(2)3;/h15-16H,5-14H2,1-4H3,(H2,18,19,20);1H. The molecular weight excluding hydrogens is 467 g/mol. The van der Waals surface area contributed by atoms with Gasteiger partial charge in [0.05, 0.1) is 25.5 Å². The first-order chi connectivity index (χ1) is 11.8. The average Bonchev–Trinajstić information content (AvgIpc) is 2.51. The second-order valence-electron chi connectivity index (χ2n) is 7.12. The van der Waals surface area contributed by atoms with Crippen LogP contribution in [0.15, 0.2) is 4.99 Å². The number of nitrogens with one attached hydrogen (secondary N) is 2. The molecule has 1 heterocycles. The Balaban J connectivity index is 0.00000625.